The van der Waals surface area contributed by atoms with Gasteiger partial charge >= 0.3 is 0 Å². The zero-order valence-electron chi connectivity index (χ0n) is 10.1. The molecule has 94 valence electrons. The molecule has 1 aromatic heterocycles. The highest BCUT2D eigenvalue weighted by Gasteiger charge is 2.06. The van der Waals surface area contributed by atoms with Crippen LogP contribution in [0.4, 0.5) is 5.95 Å². The van der Waals surface area contributed by atoms with E-state index in [1.165, 1.54) is 0 Å². The highest BCUT2D eigenvalue weighted by molar-refractivity contribution is 6.31. The molecule has 0 unspecified atom stereocenters. The van der Waals surface area contributed by atoms with Crippen molar-refractivity contribution in [3.8, 4) is 11.6 Å². The molecule has 0 atom stereocenters. The van der Waals surface area contributed by atoms with Crippen LogP contribution in [-0.2, 0) is 0 Å². The number of aryl methyl sites for hydroxylation is 2. The van der Waals surface area contributed by atoms with Crippen LogP contribution in [-0.4, -0.2) is 9.97 Å². The number of benzene rings is 1. The van der Waals surface area contributed by atoms with Gasteiger partial charge in [0.25, 0.3) is 0 Å². The number of nitrogens with two attached hydrogens (primary N) is 1. The summed E-state index contributed by atoms with van der Waals surface area (Å²) in [7, 11) is 0. The maximum Gasteiger partial charge on any atom is 0.240 e. The van der Waals surface area contributed by atoms with E-state index in [1.54, 1.807) is 18.3 Å². The number of hydrogen-bond donors (Lipinski definition) is 2. The van der Waals surface area contributed by atoms with Gasteiger partial charge in [0.2, 0.25) is 11.8 Å². The lowest BCUT2D eigenvalue weighted by atomic mass is 10.2. The van der Waals surface area contributed by atoms with E-state index < -0.39 is 0 Å². The maximum atomic E-state index is 5.95. The Kier molecular flexibility index (Phi) is 3.64. The van der Waals surface area contributed by atoms with E-state index in [4.69, 9.17) is 22.2 Å². The molecule has 0 saturated carbocycles. The molecule has 2 aromatic rings. The smallest absolute Gasteiger partial charge is 0.240 e. The summed E-state index contributed by atoms with van der Waals surface area (Å²) >= 11 is 5.95. The SMILES string of the molecule is Cc1cc(Oc2nc(NN)ncc2C)ccc1Cl. The topological polar surface area (TPSA) is 73.1 Å². The highest BCUT2D eigenvalue weighted by Crippen LogP contribution is 2.26. The predicted molar refractivity (Wildman–Crippen MR) is 70.8 cm³/mol. The molecule has 0 radical (unpaired) electrons. The van der Waals surface area contributed by atoms with Crippen molar-refractivity contribution in [1.82, 2.24) is 9.97 Å². The molecule has 0 spiro atoms. The Morgan fingerprint density at radius 3 is 2.72 bits per heavy atom. The van der Waals surface area contributed by atoms with Crippen molar-refractivity contribution in [2.75, 3.05) is 5.43 Å². The summed E-state index contributed by atoms with van der Waals surface area (Å²) in [6, 6.07) is 5.41. The van der Waals surface area contributed by atoms with Crippen LogP contribution in [0, 0.1) is 13.8 Å². The van der Waals surface area contributed by atoms with Gasteiger partial charge in [0.1, 0.15) is 5.75 Å². The van der Waals surface area contributed by atoms with Crippen molar-refractivity contribution in [2.24, 2.45) is 5.84 Å². The molecule has 0 aliphatic heterocycles. The summed E-state index contributed by atoms with van der Waals surface area (Å²) in [5.74, 6) is 6.69. The Morgan fingerprint density at radius 2 is 2.06 bits per heavy atom. The number of aromatic nitrogens is 2. The third-order valence-electron chi connectivity index (χ3n) is 2.40. The van der Waals surface area contributed by atoms with Gasteiger partial charge in [-0.15, -0.1) is 0 Å². The normalized spacial score (nSPS) is 10.2. The first kappa shape index (κ1) is 12.6. The largest absolute Gasteiger partial charge is 0.439 e. The molecule has 0 saturated heterocycles. The fourth-order valence-corrected chi connectivity index (χ4v) is 1.51. The molecule has 1 aromatic carbocycles. The van der Waals surface area contributed by atoms with E-state index in [9.17, 15) is 0 Å². The van der Waals surface area contributed by atoms with Gasteiger partial charge in [-0.3, -0.25) is 5.43 Å². The Hall–Kier alpha value is -1.85. The number of halogens is 1. The van der Waals surface area contributed by atoms with E-state index in [2.05, 4.69) is 15.4 Å². The van der Waals surface area contributed by atoms with Crippen LogP contribution in [0.15, 0.2) is 24.4 Å². The number of hydrogen-bond acceptors (Lipinski definition) is 5. The van der Waals surface area contributed by atoms with Crippen LogP contribution < -0.4 is 16.0 Å². The average Bonchev–Trinajstić information content (AvgIpc) is 2.36. The van der Waals surface area contributed by atoms with Gasteiger partial charge in [-0.1, -0.05) is 11.6 Å². The molecule has 3 N–H and O–H groups in total. The summed E-state index contributed by atoms with van der Waals surface area (Å²) in [6.07, 6.45) is 1.64. The molecule has 0 aliphatic rings. The molecular formula is C12H13ClN4O. The minimum absolute atomic E-state index is 0.307. The number of nitrogen functional groups attached to an aromatic ring is 1. The first-order valence-electron chi connectivity index (χ1n) is 5.34. The van der Waals surface area contributed by atoms with Gasteiger partial charge in [-0.2, -0.15) is 4.98 Å². The van der Waals surface area contributed by atoms with Crippen molar-refractivity contribution in [3.05, 3.63) is 40.5 Å². The number of hydrazine groups is 1. The van der Waals surface area contributed by atoms with Gasteiger partial charge in [0, 0.05) is 16.8 Å². The molecule has 1 heterocycles. The average molecular weight is 265 g/mol. The summed E-state index contributed by atoms with van der Waals surface area (Å²) < 4.78 is 5.68. The quantitative estimate of drug-likeness (QED) is 0.659. The Labute approximate surface area is 110 Å². The lowest BCUT2D eigenvalue weighted by molar-refractivity contribution is 0.458. The molecule has 6 heteroatoms. The molecule has 0 aliphatic carbocycles. The zero-order chi connectivity index (χ0) is 13.1. The lowest BCUT2D eigenvalue weighted by Gasteiger charge is -2.09. The van der Waals surface area contributed by atoms with Gasteiger partial charge in [-0.05, 0) is 37.6 Å². The second kappa shape index (κ2) is 5.20. The minimum Gasteiger partial charge on any atom is -0.439 e. The van der Waals surface area contributed by atoms with Crippen LogP contribution in [0.2, 0.25) is 5.02 Å². The van der Waals surface area contributed by atoms with E-state index in [1.807, 2.05) is 19.9 Å². The van der Waals surface area contributed by atoms with Crippen LogP contribution in [0.5, 0.6) is 11.6 Å². The molecule has 0 fully saturated rings. The minimum atomic E-state index is 0.307. The number of ether oxygens (including phenoxy) is 1. The van der Waals surface area contributed by atoms with E-state index >= 15 is 0 Å². The summed E-state index contributed by atoms with van der Waals surface area (Å²) in [5, 5.41) is 0.700. The third kappa shape index (κ3) is 2.69. The zero-order valence-corrected chi connectivity index (χ0v) is 10.8. The van der Waals surface area contributed by atoms with Crippen LogP contribution in [0.3, 0.4) is 0 Å². The summed E-state index contributed by atoms with van der Waals surface area (Å²) in [4.78, 5) is 8.12. The third-order valence-corrected chi connectivity index (χ3v) is 2.82. The molecule has 5 nitrogen and oxygen atoms in total. The van der Waals surface area contributed by atoms with Crippen molar-refractivity contribution in [1.29, 1.82) is 0 Å². The predicted octanol–water partition coefficient (Wildman–Crippen LogP) is 2.82. The van der Waals surface area contributed by atoms with Gasteiger partial charge in [0.05, 0.1) is 0 Å². The van der Waals surface area contributed by atoms with Gasteiger partial charge < -0.3 is 4.74 Å². The fourth-order valence-electron chi connectivity index (χ4n) is 1.39. The number of nitrogens with one attached hydrogen (secondary N) is 1. The van der Waals surface area contributed by atoms with Crippen molar-refractivity contribution >= 4 is 17.5 Å². The van der Waals surface area contributed by atoms with Crippen LogP contribution in [0.25, 0.3) is 0 Å². The lowest BCUT2D eigenvalue weighted by Crippen LogP contribution is -2.11. The van der Waals surface area contributed by atoms with Crippen molar-refractivity contribution in [2.45, 2.75) is 13.8 Å². The second-order valence-electron chi connectivity index (χ2n) is 3.84. The first-order chi connectivity index (χ1) is 8.60. The van der Waals surface area contributed by atoms with E-state index in [-0.39, 0.29) is 0 Å². The molecule has 18 heavy (non-hydrogen) atoms. The highest BCUT2D eigenvalue weighted by atomic mass is 35.5. The van der Waals surface area contributed by atoms with Gasteiger partial charge in [0.15, 0.2) is 0 Å². The van der Waals surface area contributed by atoms with Crippen molar-refractivity contribution in [3.63, 3.8) is 0 Å². The van der Waals surface area contributed by atoms with Crippen LogP contribution in [0.1, 0.15) is 11.1 Å². The maximum absolute atomic E-state index is 5.95. The number of rotatable bonds is 3. The molecular weight excluding hydrogens is 252 g/mol. The molecule has 2 rings (SSSR count). The summed E-state index contributed by atoms with van der Waals surface area (Å²) in [6.45, 7) is 3.77. The van der Waals surface area contributed by atoms with E-state index in [0.717, 1.165) is 11.1 Å². The standard InChI is InChI=1S/C12H13ClN4O/c1-7-5-9(3-4-10(7)13)18-11-8(2)6-15-12(16-11)17-14/h3-6H,14H2,1-2H3,(H,15,16,17). The number of anilines is 1. The molecule has 0 bridgehead atoms. The summed E-state index contributed by atoms with van der Waals surface area (Å²) in [5.41, 5.74) is 4.14. The Morgan fingerprint density at radius 1 is 1.28 bits per heavy atom. The Balaban J connectivity index is 2.30. The first-order valence-corrected chi connectivity index (χ1v) is 5.72. The van der Waals surface area contributed by atoms with Gasteiger partial charge in [-0.25, -0.2) is 10.8 Å². The van der Waals surface area contributed by atoms with Crippen molar-refractivity contribution < 1.29 is 4.74 Å². The number of nitrogens with zero attached hydrogens (tertiary/aromatic N) is 2. The second-order valence-corrected chi connectivity index (χ2v) is 4.25. The van der Waals surface area contributed by atoms with Crippen LogP contribution >= 0.6 is 11.6 Å². The van der Waals surface area contributed by atoms with E-state index in [0.29, 0.717) is 22.6 Å². The Bertz CT molecular complexity index is 574. The monoisotopic (exact) mass is 264 g/mol. The fraction of sp³-hybridized carbons (Fsp3) is 0.167. The molecule has 0 amide bonds.